The highest BCUT2D eigenvalue weighted by molar-refractivity contribution is 5.97. The highest BCUT2D eigenvalue weighted by Gasteiger charge is 2.37. The molecule has 0 aromatic heterocycles. The predicted octanol–water partition coefficient (Wildman–Crippen LogP) is 3.56. The Hall–Kier alpha value is -4.54. The molecule has 2 aromatic rings. The van der Waals surface area contributed by atoms with Crippen molar-refractivity contribution in [2.24, 2.45) is 0 Å². The van der Waals surface area contributed by atoms with Crippen LogP contribution in [0.15, 0.2) is 89.6 Å². The van der Waals surface area contributed by atoms with Gasteiger partial charge in [0.2, 0.25) is 5.91 Å². The summed E-state index contributed by atoms with van der Waals surface area (Å²) in [7, 11) is 0. The highest BCUT2D eigenvalue weighted by Crippen LogP contribution is 2.37. The number of fused-ring (bicyclic) bond motifs is 1. The molecule has 2 amide bonds. The average molecular weight is 513 g/mol. The monoisotopic (exact) mass is 513 g/mol. The molecule has 2 aliphatic heterocycles. The number of aliphatic hydroxyl groups excluding tert-OH is 1. The SMILES string of the molecule is O=C(O)CCNC(=O)C1=C(O)C2=CC(c3cccc(C(F)(F)F)c3)C(=O)NC2=CN1Cc1ccccc1. The van der Waals surface area contributed by atoms with Crippen molar-refractivity contribution in [3.8, 4) is 0 Å². The van der Waals surface area contributed by atoms with Crippen LogP contribution in [0.25, 0.3) is 0 Å². The van der Waals surface area contributed by atoms with Crippen LogP contribution in [0, 0.1) is 0 Å². The van der Waals surface area contributed by atoms with E-state index in [1.165, 1.54) is 29.3 Å². The summed E-state index contributed by atoms with van der Waals surface area (Å²) in [5, 5.41) is 25.1. The highest BCUT2D eigenvalue weighted by atomic mass is 19.4. The first-order valence-corrected chi connectivity index (χ1v) is 11.2. The molecule has 0 aliphatic carbocycles. The van der Waals surface area contributed by atoms with Crippen LogP contribution in [0.5, 0.6) is 0 Å². The van der Waals surface area contributed by atoms with Gasteiger partial charge in [-0.25, -0.2) is 0 Å². The van der Waals surface area contributed by atoms with E-state index in [2.05, 4.69) is 10.6 Å². The number of nitrogens with one attached hydrogen (secondary N) is 2. The number of carboxylic acid groups (broad SMARTS) is 1. The number of hydrogen-bond acceptors (Lipinski definition) is 5. The van der Waals surface area contributed by atoms with Crippen LogP contribution in [0.4, 0.5) is 13.2 Å². The summed E-state index contributed by atoms with van der Waals surface area (Å²) < 4.78 is 39.7. The fraction of sp³-hybridized carbons (Fsp3) is 0.192. The summed E-state index contributed by atoms with van der Waals surface area (Å²) in [5.74, 6) is -4.13. The van der Waals surface area contributed by atoms with Crippen LogP contribution in [-0.2, 0) is 27.1 Å². The van der Waals surface area contributed by atoms with Crippen molar-refractivity contribution >= 4 is 17.8 Å². The van der Waals surface area contributed by atoms with Gasteiger partial charge in [0.25, 0.3) is 5.91 Å². The number of amides is 2. The normalized spacial score (nSPS) is 17.4. The fourth-order valence-electron chi connectivity index (χ4n) is 4.07. The number of halogens is 3. The maximum absolute atomic E-state index is 13.2. The van der Waals surface area contributed by atoms with Gasteiger partial charge in [-0.15, -0.1) is 0 Å². The van der Waals surface area contributed by atoms with Gasteiger partial charge in [-0.1, -0.05) is 54.6 Å². The molecule has 2 heterocycles. The molecule has 2 aromatic carbocycles. The van der Waals surface area contributed by atoms with Crippen LogP contribution in [0.1, 0.15) is 29.0 Å². The smallest absolute Gasteiger partial charge is 0.416 e. The molecule has 8 nitrogen and oxygen atoms in total. The Bertz CT molecular complexity index is 1330. The summed E-state index contributed by atoms with van der Waals surface area (Å²) in [6, 6.07) is 13.3. The summed E-state index contributed by atoms with van der Waals surface area (Å²) in [6.07, 6.45) is -2.19. The number of hydrogen-bond donors (Lipinski definition) is 4. The van der Waals surface area contributed by atoms with Gasteiger partial charge in [0, 0.05) is 24.9 Å². The second kappa shape index (κ2) is 10.2. The van der Waals surface area contributed by atoms with E-state index in [0.717, 1.165) is 17.7 Å². The Morgan fingerprint density at radius 2 is 1.81 bits per heavy atom. The molecule has 0 saturated carbocycles. The molecule has 192 valence electrons. The average Bonchev–Trinajstić information content (AvgIpc) is 2.84. The Labute approximate surface area is 209 Å². The molecule has 2 aliphatic rings. The number of carboxylic acids is 1. The molecule has 1 unspecified atom stereocenters. The molecule has 0 fully saturated rings. The first-order valence-electron chi connectivity index (χ1n) is 11.2. The number of benzene rings is 2. The van der Waals surface area contributed by atoms with E-state index in [-0.39, 0.29) is 42.0 Å². The lowest BCUT2D eigenvalue weighted by Gasteiger charge is -2.33. The van der Waals surface area contributed by atoms with Crippen molar-refractivity contribution in [1.82, 2.24) is 15.5 Å². The topological polar surface area (TPSA) is 119 Å². The summed E-state index contributed by atoms with van der Waals surface area (Å²) in [6.45, 7) is -0.0559. The minimum absolute atomic E-state index is 0.0610. The van der Waals surface area contributed by atoms with Crippen LogP contribution >= 0.6 is 0 Å². The number of carbonyl (C=O) groups is 3. The Balaban J connectivity index is 1.74. The van der Waals surface area contributed by atoms with Gasteiger partial charge in [0.05, 0.1) is 23.6 Å². The number of aliphatic carboxylic acids is 1. The van der Waals surface area contributed by atoms with Crippen molar-refractivity contribution in [3.05, 3.63) is 106 Å². The Morgan fingerprint density at radius 1 is 1.08 bits per heavy atom. The van der Waals surface area contributed by atoms with E-state index < -0.39 is 41.2 Å². The Kier molecular flexibility index (Phi) is 7.05. The number of carbonyl (C=O) groups excluding carboxylic acids is 2. The molecular formula is C26H22F3N3O5. The molecule has 0 bridgehead atoms. The van der Waals surface area contributed by atoms with Gasteiger partial charge in [-0.3, -0.25) is 14.4 Å². The van der Waals surface area contributed by atoms with Crippen molar-refractivity contribution < 1.29 is 37.8 Å². The zero-order valence-corrected chi connectivity index (χ0v) is 19.2. The molecule has 0 saturated heterocycles. The minimum atomic E-state index is -4.61. The maximum Gasteiger partial charge on any atom is 0.416 e. The van der Waals surface area contributed by atoms with E-state index >= 15 is 0 Å². The van der Waals surface area contributed by atoms with E-state index in [1.807, 2.05) is 0 Å². The first-order chi connectivity index (χ1) is 17.5. The van der Waals surface area contributed by atoms with Gasteiger partial charge >= 0.3 is 12.1 Å². The molecular weight excluding hydrogens is 491 g/mol. The Morgan fingerprint density at radius 3 is 2.49 bits per heavy atom. The van der Waals surface area contributed by atoms with Gasteiger partial charge in [-0.2, -0.15) is 13.2 Å². The zero-order chi connectivity index (χ0) is 26.7. The summed E-state index contributed by atoms with van der Waals surface area (Å²) >= 11 is 0. The lowest BCUT2D eigenvalue weighted by molar-refractivity contribution is -0.138. The lowest BCUT2D eigenvalue weighted by atomic mass is 9.88. The molecule has 4 N–H and O–H groups in total. The summed E-state index contributed by atoms with van der Waals surface area (Å²) in [5.41, 5.74) is -0.0413. The second-order valence-corrected chi connectivity index (χ2v) is 8.42. The van der Waals surface area contributed by atoms with E-state index in [1.54, 1.807) is 30.3 Å². The fourth-order valence-corrected chi connectivity index (χ4v) is 4.07. The molecule has 4 rings (SSSR count). The molecule has 0 radical (unpaired) electrons. The minimum Gasteiger partial charge on any atom is -0.505 e. The van der Waals surface area contributed by atoms with E-state index in [0.29, 0.717) is 0 Å². The van der Waals surface area contributed by atoms with Crippen LogP contribution < -0.4 is 10.6 Å². The van der Waals surface area contributed by atoms with Crippen LogP contribution in [0.3, 0.4) is 0 Å². The third kappa shape index (κ3) is 5.66. The van der Waals surface area contributed by atoms with Crippen molar-refractivity contribution in [2.45, 2.75) is 25.1 Å². The largest absolute Gasteiger partial charge is 0.505 e. The predicted molar refractivity (Wildman–Crippen MR) is 125 cm³/mol. The second-order valence-electron chi connectivity index (χ2n) is 8.42. The molecule has 37 heavy (non-hydrogen) atoms. The molecule has 0 spiro atoms. The lowest BCUT2D eigenvalue weighted by Crippen LogP contribution is -2.41. The first kappa shape index (κ1) is 25.5. The third-order valence-electron chi connectivity index (χ3n) is 5.82. The number of alkyl halides is 3. The zero-order valence-electron chi connectivity index (χ0n) is 19.2. The molecule has 11 heteroatoms. The standard InChI is InChI=1S/C26H22F3N3O5/c27-26(28,29)17-8-4-7-16(11-17)18-12-19-20(31-24(18)36)14-32(13-15-5-2-1-3-6-15)22(23(19)35)25(37)30-10-9-21(33)34/h1-8,11-12,14,18,35H,9-10,13H2,(H,30,37)(H,31,36)(H,33,34). The van der Waals surface area contributed by atoms with Gasteiger partial charge in [0.15, 0.2) is 5.76 Å². The van der Waals surface area contributed by atoms with Gasteiger partial charge in [0.1, 0.15) is 5.70 Å². The van der Waals surface area contributed by atoms with Crippen molar-refractivity contribution in [3.63, 3.8) is 0 Å². The van der Waals surface area contributed by atoms with Crippen LogP contribution in [-0.4, -0.2) is 39.4 Å². The van der Waals surface area contributed by atoms with Crippen LogP contribution in [0.2, 0.25) is 0 Å². The maximum atomic E-state index is 13.2. The third-order valence-corrected chi connectivity index (χ3v) is 5.82. The number of nitrogens with zero attached hydrogens (tertiary/aromatic N) is 1. The molecule has 1 atom stereocenters. The van der Waals surface area contributed by atoms with Gasteiger partial charge < -0.3 is 25.7 Å². The van der Waals surface area contributed by atoms with E-state index in [9.17, 15) is 32.7 Å². The quantitative estimate of drug-likeness (QED) is 0.450. The van der Waals surface area contributed by atoms with Gasteiger partial charge in [-0.05, 0) is 17.2 Å². The number of aliphatic hydroxyl groups is 1. The van der Waals surface area contributed by atoms with E-state index in [4.69, 9.17) is 5.11 Å². The number of rotatable bonds is 7. The van der Waals surface area contributed by atoms with Crippen molar-refractivity contribution in [2.75, 3.05) is 6.54 Å². The summed E-state index contributed by atoms with van der Waals surface area (Å²) in [4.78, 5) is 38.1. The van der Waals surface area contributed by atoms with Crippen molar-refractivity contribution in [1.29, 1.82) is 0 Å².